The van der Waals surface area contributed by atoms with Crippen molar-refractivity contribution in [2.45, 2.75) is 19.3 Å². The van der Waals surface area contributed by atoms with Crippen LogP contribution in [0.5, 0.6) is 0 Å². The molecule has 0 spiro atoms. The van der Waals surface area contributed by atoms with Crippen LogP contribution in [-0.2, 0) is 0 Å². The molecule has 110 valence electrons. The minimum absolute atomic E-state index is 0.197. The van der Waals surface area contributed by atoms with Crippen LogP contribution in [0.25, 0.3) is 11.0 Å². The van der Waals surface area contributed by atoms with Gasteiger partial charge in [0.25, 0.3) is 5.91 Å². The zero-order chi connectivity index (χ0) is 14.7. The van der Waals surface area contributed by atoms with Gasteiger partial charge in [0, 0.05) is 13.2 Å². The highest BCUT2D eigenvalue weighted by Crippen LogP contribution is 2.30. The molecule has 2 unspecified atom stereocenters. The molecule has 2 N–H and O–H groups in total. The minimum atomic E-state index is -0.197. The van der Waals surface area contributed by atoms with E-state index in [9.17, 15) is 9.90 Å². The van der Waals surface area contributed by atoms with E-state index in [2.05, 4.69) is 15.3 Å². The van der Waals surface area contributed by atoms with E-state index in [0.717, 1.165) is 30.3 Å². The standard InChI is InChI=1S/C16H19N3O2/c20-10-12-5-3-4-11(12)8-18-16(21)15-9-17-13-6-1-2-7-14(13)19-15/h1-2,6-7,9,11-12,20H,3-5,8,10H2,(H,18,21). The summed E-state index contributed by atoms with van der Waals surface area (Å²) >= 11 is 0. The van der Waals surface area contributed by atoms with Crippen molar-refractivity contribution in [3.8, 4) is 0 Å². The van der Waals surface area contributed by atoms with Crippen LogP contribution in [0.1, 0.15) is 29.8 Å². The number of rotatable bonds is 4. The van der Waals surface area contributed by atoms with Gasteiger partial charge in [-0.2, -0.15) is 0 Å². The number of amides is 1. The monoisotopic (exact) mass is 285 g/mol. The van der Waals surface area contributed by atoms with Gasteiger partial charge in [-0.15, -0.1) is 0 Å². The Balaban J connectivity index is 1.66. The maximum atomic E-state index is 12.2. The molecule has 0 bridgehead atoms. The Bertz CT molecular complexity index is 644. The SMILES string of the molecule is O=C(NCC1CCCC1CO)c1cnc2ccccc2n1. The molecule has 5 nitrogen and oxygen atoms in total. The summed E-state index contributed by atoms with van der Waals surface area (Å²) in [6.45, 7) is 0.800. The lowest BCUT2D eigenvalue weighted by Gasteiger charge is -2.17. The normalized spacial score (nSPS) is 21.6. The minimum Gasteiger partial charge on any atom is -0.396 e. The van der Waals surface area contributed by atoms with Crippen molar-refractivity contribution in [1.82, 2.24) is 15.3 Å². The molecule has 1 saturated carbocycles. The summed E-state index contributed by atoms with van der Waals surface area (Å²) in [5, 5.41) is 12.2. The number of aliphatic hydroxyl groups excluding tert-OH is 1. The van der Waals surface area contributed by atoms with E-state index in [4.69, 9.17) is 0 Å². The Morgan fingerprint density at radius 1 is 1.24 bits per heavy atom. The van der Waals surface area contributed by atoms with Crippen LogP contribution in [-0.4, -0.2) is 34.1 Å². The molecule has 0 aliphatic heterocycles. The molecule has 1 aromatic carbocycles. The fourth-order valence-electron chi connectivity index (χ4n) is 3.00. The van der Waals surface area contributed by atoms with Gasteiger partial charge in [-0.3, -0.25) is 9.78 Å². The number of nitrogens with one attached hydrogen (secondary N) is 1. The first-order valence-electron chi connectivity index (χ1n) is 7.39. The van der Waals surface area contributed by atoms with E-state index < -0.39 is 0 Å². The summed E-state index contributed by atoms with van der Waals surface area (Å²) in [4.78, 5) is 20.7. The zero-order valence-corrected chi connectivity index (χ0v) is 11.8. The number of carbonyl (C=O) groups excluding carboxylic acids is 1. The Kier molecular flexibility index (Phi) is 4.10. The Morgan fingerprint density at radius 2 is 2.00 bits per heavy atom. The summed E-state index contributed by atoms with van der Waals surface area (Å²) in [5.41, 5.74) is 1.84. The highest BCUT2D eigenvalue weighted by molar-refractivity contribution is 5.93. The average Bonchev–Trinajstić information content (AvgIpc) is 2.99. The first-order valence-corrected chi connectivity index (χ1v) is 7.39. The first kappa shape index (κ1) is 13.9. The van der Waals surface area contributed by atoms with Crippen molar-refractivity contribution in [1.29, 1.82) is 0 Å². The van der Waals surface area contributed by atoms with Gasteiger partial charge in [-0.25, -0.2) is 4.98 Å². The molecule has 1 amide bonds. The number of aliphatic hydroxyl groups is 1. The quantitative estimate of drug-likeness (QED) is 0.897. The first-order chi connectivity index (χ1) is 10.3. The van der Waals surface area contributed by atoms with Crippen molar-refractivity contribution >= 4 is 16.9 Å². The number of carbonyl (C=O) groups is 1. The second-order valence-corrected chi connectivity index (χ2v) is 5.59. The third-order valence-electron chi connectivity index (χ3n) is 4.26. The predicted octanol–water partition coefficient (Wildman–Crippen LogP) is 1.77. The van der Waals surface area contributed by atoms with Crippen LogP contribution >= 0.6 is 0 Å². The number of para-hydroxylation sites is 2. The predicted molar refractivity (Wildman–Crippen MR) is 79.8 cm³/mol. The fraction of sp³-hybridized carbons (Fsp3) is 0.438. The van der Waals surface area contributed by atoms with E-state index in [0.29, 0.717) is 24.1 Å². The van der Waals surface area contributed by atoms with Crippen molar-refractivity contribution < 1.29 is 9.90 Å². The molecule has 1 heterocycles. The van der Waals surface area contributed by atoms with Gasteiger partial charge in [0.2, 0.25) is 0 Å². The van der Waals surface area contributed by atoms with Crippen LogP contribution in [0.15, 0.2) is 30.5 Å². The Morgan fingerprint density at radius 3 is 2.81 bits per heavy atom. The Labute approximate surface area is 123 Å². The number of hydrogen-bond acceptors (Lipinski definition) is 4. The Hall–Kier alpha value is -2.01. The van der Waals surface area contributed by atoms with Gasteiger partial charge in [0.1, 0.15) is 5.69 Å². The number of hydrogen-bond donors (Lipinski definition) is 2. The second kappa shape index (κ2) is 6.18. The summed E-state index contributed by atoms with van der Waals surface area (Å²) in [6.07, 6.45) is 4.75. The van der Waals surface area contributed by atoms with E-state index >= 15 is 0 Å². The van der Waals surface area contributed by atoms with Gasteiger partial charge in [0.15, 0.2) is 0 Å². The van der Waals surface area contributed by atoms with Gasteiger partial charge < -0.3 is 10.4 Å². The largest absolute Gasteiger partial charge is 0.396 e. The lowest BCUT2D eigenvalue weighted by Crippen LogP contribution is -2.32. The summed E-state index contributed by atoms with van der Waals surface area (Å²) < 4.78 is 0. The van der Waals surface area contributed by atoms with Crippen LogP contribution in [0.4, 0.5) is 0 Å². The highest BCUT2D eigenvalue weighted by Gasteiger charge is 2.26. The molecule has 21 heavy (non-hydrogen) atoms. The molecule has 1 aromatic heterocycles. The average molecular weight is 285 g/mol. The van der Waals surface area contributed by atoms with Crippen LogP contribution in [0, 0.1) is 11.8 Å². The molecule has 3 rings (SSSR count). The van der Waals surface area contributed by atoms with Crippen LogP contribution in [0.2, 0.25) is 0 Å². The molecule has 2 aromatic rings. The number of aromatic nitrogens is 2. The number of benzene rings is 1. The van der Waals surface area contributed by atoms with Gasteiger partial charge in [0.05, 0.1) is 17.2 Å². The number of nitrogens with zero attached hydrogens (tertiary/aromatic N) is 2. The van der Waals surface area contributed by atoms with Gasteiger partial charge in [-0.1, -0.05) is 18.6 Å². The molecule has 0 radical (unpaired) electrons. The molecule has 1 aliphatic rings. The lowest BCUT2D eigenvalue weighted by molar-refractivity contribution is 0.0933. The van der Waals surface area contributed by atoms with Gasteiger partial charge >= 0.3 is 0 Å². The summed E-state index contributed by atoms with van der Waals surface area (Å²) in [5.74, 6) is 0.484. The molecular weight excluding hydrogens is 266 g/mol. The van der Waals surface area contributed by atoms with E-state index in [1.807, 2.05) is 24.3 Å². The molecule has 1 fully saturated rings. The summed E-state index contributed by atoms with van der Waals surface area (Å²) in [6, 6.07) is 7.49. The van der Waals surface area contributed by atoms with Crippen LogP contribution < -0.4 is 5.32 Å². The van der Waals surface area contributed by atoms with E-state index in [1.54, 1.807) is 0 Å². The third kappa shape index (κ3) is 3.03. The highest BCUT2D eigenvalue weighted by atomic mass is 16.3. The molecule has 5 heteroatoms. The topological polar surface area (TPSA) is 75.1 Å². The maximum absolute atomic E-state index is 12.2. The van der Waals surface area contributed by atoms with Gasteiger partial charge in [-0.05, 0) is 36.8 Å². The van der Waals surface area contributed by atoms with Crippen molar-refractivity contribution in [3.05, 3.63) is 36.2 Å². The van der Waals surface area contributed by atoms with E-state index in [-0.39, 0.29) is 12.5 Å². The molecule has 0 saturated heterocycles. The molecule has 2 atom stereocenters. The fourth-order valence-corrected chi connectivity index (χ4v) is 3.00. The van der Waals surface area contributed by atoms with Crippen LogP contribution in [0.3, 0.4) is 0 Å². The second-order valence-electron chi connectivity index (χ2n) is 5.59. The van der Waals surface area contributed by atoms with Crippen molar-refractivity contribution in [2.24, 2.45) is 11.8 Å². The molecular formula is C16H19N3O2. The molecule has 1 aliphatic carbocycles. The number of fused-ring (bicyclic) bond motifs is 1. The van der Waals surface area contributed by atoms with E-state index in [1.165, 1.54) is 6.20 Å². The third-order valence-corrected chi connectivity index (χ3v) is 4.26. The smallest absolute Gasteiger partial charge is 0.271 e. The zero-order valence-electron chi connectivity index (χ0n) is 11.8. The van der Waals surface area contributed by atoms with Crippen molar-refractivity contribution in [2.75, 3.05) is 13.2 Å². The maximum Gasteiger partial charge on any atom is 0.271 e. The summed E-state index contributed by atoms with van der Waals surface area (Å²) in [7, 11) is 0. The lowest BCUT2D eigenvalue weighted by atomic mass is 9.97. The van der Waals surface area contributed by atoms with Crippen molar-refractivity contribution in [3.63, 3.8) is 0 Å².